The SMILES string of the molecule is Cc1cc(C)c(N(c2nc3c4ccc(C(C)C)nc4cc(CC(C)(C)C)n3c2C)c2nc3c4ccc(C(C)(C)C)nc4cc(CC(C)(C)C)n3c2C)c(C)c1. The van der Waals surface area contributed by atoms with Gasteiger partial charge < -0.3 is 0 Å². The fraction of sp³-hybridized carbons (Fsp3) is 0.458. The second-order valence-corrected chi connectivity index (χ2v) is 19.9. The van der Waals surface area contributed by atoms with Crippen molar-refractivity contribution in [2.75, 3.05) is 4.90 Å². The third-order valence-electron chi connectivity index (χ3n) is 10.8. The third-order valence-corrected chi connectivity index (χ3v) is 10.8. The molecule has 7 nitrogen and oxygen atoms in total. The Hall–Kier alpha value is -4.78. The van der Waals surface area contributed by atoms with Crippen molar-refractivity contribution in [3.05, 3.63) is 99.4 Å². The molecule has 0 saturated heterocycles. The minimum atomic E-state index is -0.0686. The first kappa shape index (κ1) is 38.5. The molecule has 0 fully saturated rings. The van der Waals surface area contributed by atoms with Gasteiger partial charge in [-0.2, -0.15) is 0 Å². The van der Waals surface area contributed by atoms with Gasteiger partial charge in [0, 0.05) is 39.0 Å². The highest BCUT2D eigenvalue weighted by molar-refractivity contribution is 5.96. The largest absolute Gasteiger partial charge is 0.298 e. The molecule has 0 unspecified atom stereocenters. The van der Waals surface area contributed by atoms with Crippen LogP contribution in [0.15, 0.2) is 48.5 Å². The van der Waals surface area contributed by atoms with E-state index in [0.717, 1.165) is 86.0 Å². The summed E-state index contributed by atoms with van der Waals surface area (Å²) in [7, 11) is 0. The van der Waals surface area contributed by atoms with E-state index in [9.17, 15) is 0 Å². The van der Waals surface area contributed by atoms with Crippen LogP contribution in [0.2, 0.25) is 0 Å². The van der Waals surface area contributed by atoms with E-state index in [0.29, 0.717) is 5.92 Å². The van der Waals surface area contributed by atoms with Gasteiger partial charge in [-0.1, -0.05) is 93.9 Å². The molecule has 288 valence electrons. The van der Waals surface area contributed by atoms with Gasteiger partial charge in [-0.05, 0) is 112 Å². The predicted octanol–water partition coefficient (Wildman–Crippen LogP) is 12.7. The summed E-state index contributed by atoms with van der Waals surface area (Å²) in [5.74, 6) is 2.09. The summed E-state index contributed by atoms with van der Waals surface area (Å²) in [5, 5.41) is 2.11. The summed E-state index contributed by atoms with van der Waals surface area (Å²) in [6.45, 7) is 36.0. The number of hydrogen-bond donors (Lipinski definition) is 0. The summed E-state index contributed by atoms with van der Waals surface area (Å²) in [6.07, 6.45) is 1.76. The summed E-state index contributed by atoms with van der Waals surface area (Å²) in [4.78, 5) is 24.1. The Kier molecular flexibility index (Phi) is 9.22. The Morgan fingerprint density at radius 2 is 1.04 bits per heavy atom. The third kappa shape index (κ3) is 7.00. The van der Waals surface area contributed by atoms with E-state index in [1.54, 1.807) is 0 Å². The molecule has 0 amide bonds. The number of nitrogens with zero attached hydrogens (tertiary/aromatic N) is 7. The number of benzene rings is 1. The first-order valence-corrected chi connectivity index (χ1v) is 20.0. The number of aryl methyl sites for hydroxylation is 5. The van der Waals surface area contributed by atoms with E-state index in [1.165, 1.54) is 28.1 Å². The maximum Gasteiger partial charge on any atom is 0.161 e. The van der Waals surface area contributed by atoms with E-state index < -0.39 is 0 Å². The zero-order valence-corrected chi connectivity index (χ0v) is 36.2. The summed E-state index contributed by atoms with van der Waals surface area (Å²) < 4.78 is 4.77. The number of imidazole rings is 2. The van der Waals surface area contributed by atoms with Crippen molar-refractivity contribution in [1.29, 1.82) is 0 Å². The van der Waals surface area contributed by atoms with Crippen LogP contribution >= 0.6 is 0 Å². The lowest BCUT2D eigenvalue weighted by molar-refractivity contribution is 0.404. The quantitative estimate of drug-likeness (QED) is 0.170. The molecule has 6 heterocycles. The van der Waals surface area contributed by atoms with Gasteiger partial charge in [-0.25, -0.2) is 9.97 Å². The smallest absolute Gasteiger partial charge is 0.161 e. The molecule has 0 radical (unpaired) electrons. The topological polar surface area (TPSA) is 63.6 Å². The van der Waals surface area contributed by atoms with Crippen LogP contribution in [-0.2, 0) is 18.3 Å². The number of pyridine rings is 4. The summed E-state index contributed by atoms with van der Waals surface area (Å²) >= 11 is 0. The van der Waals surface area contributed by atoms with Crippen molar-refractivity contribution in [2.24, 2.45) is 10.8 Å². The molecule has 0 atom stereocenters. The number of hydrogen-bond acceptors (Lipinski definition) is 5. The zero-order valence-electron chi connectivity index (χ0n) is 36.2. The van der Waals surface area contributed by atoms with E-state index in [2.05, 4.69) is 173 Å². The molecule has 0 N–H and O–H groups in total. The highest BCUT2D eigenvalue weighted by atomic mass is 15.3. The van der Waals surface area contributed by atoms with Crippen LogP contribution in [0.4, 0.5) is 17.3 Å². The average molecular weight is 736 g/mol. The number of rotatable bonds is 6. The summed E-state index contributed by atoms with van der Waals surface area (Å²) in [6, 6.07) is 17.9. The molecule has 55 heavy (non-hydrogen) atoms. The molecule has 0 bridgehead atoms. The molecular formula is C48H61N7. The van der Waals surface area contributed by atoms with Gasteiger partial charge in [-0.15, -0.1) is 0 Å². The van der Waals surface area contributed by atoms with Crippen LogP contribution in [0, 0.1) is 45.4 Å². The highest BCUT2D eigenvalue weighted by Crippen LogP contribution is 2.44. The van der Waals surface area contributed by atoms with E-state index in [4.69, 9.17) is 19.9 Å². The molecule has 0 spiro atoms. The van der Waals surface area contributed by atoms with Gasteiger partial charge in [0.05, 0.1) is 28.1 Å². The van der Waals surface area contributed by atoms with Crippen LogP contribution in [0.25, 0.3) is 33.1 Å². The van der Waals surface area contributed by atoms with E-state index >= 15 is 0 Å². The predicted molar refractivity (Wildman–Crippen MR) is 232 cm³/mol. The Labute approximate surface area is 328 Å². The molecule has 0 aliphatic rings. The lowest BCUT2D eigenvalue weighted by atomic mass is 9.89. The Morgan fingerprint density at radius 1 is 0.582 bits per heavy atom. The molecule has 6 aromatic heterocycles. The molecule has 7 rings (SSSR count). The maximum absolute atomic E-state index is 5.65. The molecule has 1 aromatic carbocycles. The van der Waals surface area contributed by atoms with Gasteiger partial charge in [0.2, 0.25) is 0 Å². The van der Waals surface area contributed by atoms with Gasteiger partial charge in [0.25, 0.3) is 0 Å². The van der Waals surface area contributed by atoms with Gasteiger partial charge in [-0.3, -0.25) is 23.7 Å². The van der Waals surface area contributed by atoms with Crippen LogP contribution < -0.4 is 4.90 Å². The van der Waals surface area contributed by atoms with Crippen molar-refractivity contribution in [2.45, 2.75) is 135 Å². The second kappa shape index (κ2) is 13.2. The van der Waals surface area contributed by atoms with Crippen molar-refractivity contribution in [3.8, 4) is 0 Å². The normalized spacial score (nSPS) is 13.0. The van der Waals surface area contributed by atoms with Crippen molar-refractivity contribution < 1.29 is 0 Å². The van der Waals surface area contributed by atoms with Crippen molar-refractivity contribution in [1.82, 2.24) is 28.7 Å². The van der Waals surface area contributed by atoms with E-state index in [1.807, 2.05) is 0 Å². The molecular weight excluding hydrogens is 675 g/mol. The number of aromatic nitrogens is 6. The number of anilines is 3. The van der Waals surface area contributed by atoms with Crippen molar-refractivity contribution >= 4 is 50.4 Å². The average Bonchev–Trinajstić information content (AvgIpc) is 3.57. The lowest BCUT2D eigenvalue weighted by Gasteiger charge is -2.26. The Morgan fingerprint density at radius 3 is 1.47 bits per heavy atom. The molecule has 0 aliphatic carbocycles. The fourth-order valence-electron chi connectivity index (χ4n) is 8.40. The standard InChI is InChI=1S/C48H61N7/c1-27(2)37-19-17-35-38(49-37)23-33(25-46(8,9)10)53-31(6)42(51-44(35)53)55(41-29(4)21-28(3)22-30(41)5)43-32(7)54-34(26-47(11,12)13)24-39-36(45(54)52-43)18-20-40(50-39)48(14,15)16/h17-24,27H,25-26H2,1-16H3. The molecule has 0 aliphatic heterocycles. The fourth-order valence-corrected chi connectivity index (χ4v) is 8.40. The van der Waals surface area contributed by atoms with Crippen LogP contribution in [0.5, 0.6) is 0 Å². The second-order valence-electron chi connectivity index (χ2n) is 19.9. The van der Waals surface area contributed by atoms with E-state index in [-0.39, 0.29) is 16.2 Å². The van der Waals surface area contributed by atoms with Crippen LogP contribution in [-0.4, -0.2) is 28.7 Å². The highest BCUT2D eigenvalue weighted by Gasteiger charge is 2.31. The molecule has 0 saturated carbocycles. The Balaban J connectivity index is 1.61. The van der Waals surface area contributed by atoms with Gasteiger partial charge in [0.15, 0.2) is 11.6 Å². The zero-order chi connectivity index (χ0) is 40.1. The minimum absolute atomic E-state index is 0.0507. The van der Waals surface area contributed by atoms with Crippen LogP contribution in [0.3, 0.4) is 0 Å². The lowest BCUT2D eigenvalue weighted by Crippen LogP contribution is -2.17. The Bertz CT molecular complexity index is 2610. The maximum atomic E-state index is 5.65. The van der Waals surface area contributed by atoms with Crippen LogP contribution in [0.1, 0.15) is 133 Å². The first-order valence-electron chi connectivity index (χ1n) is 20.0. The molecule has 7 heteroatoms. The molecule has 7 aromatic rings. The van der Waals surface area contributed by atoms with Crippen molar-refractivity contribution in [3.63, 3.8) is 0 Å². The van der Waals surface area contributed by atoms with Gasteiger partial charge in [0.1, 0.15) is 11.3 Å². The first-order chi connectivity index (χ1) is 25.5. The number of fused-ring (bicyclic) bond motifs is 6. The minimum Gasteiger partial charge on any atom is -0.298 e. The monoisotopic (exact) mass is 735 g/mol. The van der Waals surface area contributed by atoms with Gasteiger partial charge >= 0.3 is 0 Å². The summed E-state index contributed by atoms with van der Waals surface area (Å²) in [5.41, 5.74) is 15.3.